The van der Waals surface area contributed by atoms with Crippen molar-refractivity contribution in [1.29, 1.82) is 0 Å². The Morgan fingerprint density at radius 1 is 1.32 bits per heavy atom. The van der Waals surface area contributed by atoms with Gasteiger partial charge in [0.1, 0.15) is 0 Å². The highest BCUT2D eigenvalue weighted by molar-refractivity contribution is 6.74. The fourth-order valence-corrected chi connectivity index (χ4v) is 3.27. The molecule has 130 valence electrons. The lowest BCUT2D eigenvalue weighted by molar-refractivity contribution is -0.136. The maximum atomic E-state index is 11.5. The Morgan fingerprint density at radius 2 is 1.91 bits per heavy atom. The Morgan fingerprint density at radius 3 is 2.32 bits per heavy atom. The highest BCUT2D eigenvalue weighted by atomic mass is 28.4. The summed E-state index contributed by atoms with van der Waals surface area (Å²) < 4.78 is 11.1. The zero-order valence-corrected chi connectivity index (χ0v) is 16.4. The van der Waals surface area contributed by atoms with E-state index in [0.717, 1.165) is 19.3 Å². The summed E-state index contributed by atoms with van der Waals surface area (Å²) >= 11 is 0. The highest BCUT2D eigenvalue weighted by Crippen LogP contribution is 2.38. The van der Waals surface area contributed by atoms with E-state index < -0.39 is 14.3 Å². The minimum Gasteiger partial charge on any atom is -0.466 e. The van der Waals surface area contributed by atoms with Crippen LogP contribution in [0.3, 0.4) is 0 Å². The topological polar surface area (TPSA) is 55.8 Å². The predicted octanol–water partition coefficient (Wildman–Crippen LogP) is 4.05. The average molecular weight is 331 g/mol. The maximum absolute atomic E-state index is 11.5. The number of aliphatic hydroxyl groups is 1. The molecule has 0 aliphatic heterocycles. The third-order valence-electron chi connectivity index (χ3n) is 4.39. The summed E-state index contributed by atoms with van der Waals surface area (Å²) in [5.74, 6) is -0.468. The second-order valence-electron chi connectivity index (χ2n) is 7.26. The van der Waals surface area contributed by atoms with Gasteiger partial charge in [0.2, 0.25) is 0 Å². The molecule has 0 spiro atoms. The minimum absolute atomic E-state index is 0.0899. The van der Waals surface area contributed by atoms with E-state index in [1.165, 1.54) is 7.11 Å². The van der Waals surface area contributed by atoms with Crippen LogP contribution in [0, 0.1) is 0 Å². The van der Waals surface area contributed by atoms with Crippen molar-refractivity contribution in [3.05, 3.63) is 11.6 Å². The first-order valence-corrected chi connectivity index (χ1v) is 11.1. The minimum atomic E-state index is -1.84. The molecule has 1 unspecified atom stereocenters. The zero-order chi connectivity index (χ0) is 17.4. The van der Waals surface area contributed by atoms with E-state index in [4.69, 9.17) is 4.43 Å². The molecule has 22 heavy (non-hydrogen) atoms. The predicted molar refractivity (Wildman–Crippen MR) is 93.4 cm³/mol. The van der Waals surface area contributed by atoms with Crippen molar-refractivity contribution < 1.29 is 19.1 Å². The Balaban J connectivity index is 4.99. The normalized spacial score (nSPS) is 14.8. The first-order valence-electron chi connectivity index (χ1n) is 8.15. The molecule has 0 heterocycles. The Hall–Kier alpha value is -0.653. The van der Waals surface area contributed by atoms with Crippen molar-refractivity contribution >= 4 is 14.3 Å². The second-order valence-corrected chi connectivity index (χ2v) is 12.0. The summed E-state index contributed by atoms with van der Waals surface area (Å²) in [7, 11) is -0.518. The molecular formula is C17H34O4Si. The molecule has 0 fully saturated rings. The first-order chi connectivity index (χ1) is 10.1. The van der Waals surface area contributed by atoms with Gasteiger partial charge in [-0.25, -0.2) is 4.79 Å². The lowest BCUT2D eigenvalue weighted by atomic mass is 10.1. The lowest BCUT2D eigenvalue weighted by Crippen LogP contribution is -2.43. The van der Waals surface area contributed by atoms with E-state index in [0.29, 0.717) is 12.0 Å². The van der Waals surface area contributed by atoms with Crippen LogP contribution in [0.15, 0.2) is 11.6 Å². The summed E-state index contributed by atoms with van der Waals surface area (Å²) in [4.78, 5) is 11.5. The van der Waals surface area contributed by atoms with Gasteiger partial charge in [-0.15, -0.1) is 0 Å². The van der Waals surface area contributed by atoms with Crippen molar-refractivity contribution in [2.45, 2.75) is 77.6 Å². The summed E-state index contributed by atoms with van der Waals surface area (Å²) in [6.45, 7) is 13.0. The van der Waals surface area contributed by atoms with E-state index >= 15 is 0 Å². The number of unbranched alkanes of at least 4 members (excludes halogenated alkanes) is 1. The standard InChI is InChI=1S/C17H34O4Si/c1-8-9-10-15(21-22(6,7)17(2,3)4)12-11-14(13-18)16(19)20-5/h11,15,18H,8-10,12-13H2,1-7H3/b14-11+. The van der Waals surface area contributed by atoms with Gasteiger partial charge < -0.3 is 14.3 Å². The van der Waals surface area contributed by atoms with Gasteiger partial charge in [-0.1, -0.05) is 46.6 Å². The third kappa shape index (κ3) is 7.07. The molecule has 1 N–H and O–H groups in total. The SMILES string of the molecule is CCCCC(C/C=C(\CO)C(=O)OC)O[Si](C)(C)C(C)(C)C. The molecule has 0 aromatic heterocycles. The van der Waals surface area contributed by atoms with Crippen molar-refractivity contribution in [2.24, 2.45) is 0 Å². The van der Waals surface area contributed by atoms with Crippen LogP contribution >= 0.6 is 0 Å². The fourth-order valence-electron chi connectivity index (χ4n) is 1.87. The van der Waals surface area contributed by atoms with Gasteiger partial charge in [0.15, 0.2) is 8.32 Å². The molecule has 0 aliphatic rings. The van der Waals surface area contributed by atoms with Crippen LogP contribution < -0.4 is 0 Å². The number of aliphatic hydroxyl groups excluding tert-OH is 1. The molecule has 0 radical (unpaired) electrons. The van der Waals surface area contributed by atoms with Gasteiger partial charge in [0.05, 0.1) is 19.3 Å². The molecule has 0 amide bonds. The molecule has 0 saturated heterocycles. The van der Waals surface area contributed by atoms with Crippen LogP contribution in [-0.4, -0.2) is 39.2 Å². The van der Waals surface area contributed by atoms with E-state index in [1.807, 2.05) is 0 Å². The van der Waals surface area contributed by atoms with Crippen LogP contribution in [0.1, 0.15) is 53.4 Å². The Labute approximate surface area is 137 Å². The number of hydrogen-bond acceptors (Lipinski definition) is 4. The van der Waals surface area contributed by atoms with E-state index in [9.17, 15) is 9.90 Å². The quantitative estimate of drug-likeness (QED) is 0.394. The van der Waals surface area contributed by atoms with Gasteiger partial charge in [-0.3, -0.25) is 0 Å². The van der Waals surface area contributed by atoms with E-state index in [1.54, 1.807) is 6.08 Å². The summed E-state index contributed by atoms with van der Waals surface area (Å²) in [5.41, 5.74) is 0.308. The summed E-state index contributed by atoms with van der Waals surface area (Å²) in [6, 6.07) is 0. The second kappa shape index (κ2) is 9.48. The van der Waals surface area contributed by atoms with Gasteiger partial charge in [-0.2, -0.15) is 0 Å². The van der Waals surface area contributed by atoms with Gasteiger partial charge >= 0.3 is 5.97 Å². The van der Waals surface area contributed by atoms with Crippen LogP contribution in [-0.2, 0) is 14.0 Å². The average Bonchev–Trinajstić information content (AvgIpc) is 2.43. The first kappa shape index (κ1) is 21.3. The molecular weight excluding hydrogens is 296 g/mol. The number of methoxy groups -OCH3 is 1. The highest BCUT2D eigenvalue weighted by Gasteiger charge is 2.38. The van der Waals surface area contributed by atoms with Crippen molar-refractivity contribution in [2.75, 3.05) is 13.7 Å². The van der Waals surface area contributed by atoms with Crippen molar-refractivity contribution in [1.82, 2.24) is 0 Å². The molecule has 1 atom stereocenters. The van der Waals surface area contributed by atoms with Crippen molar-refractivity contribution in [3.63, 3.8) is 0 Å². The van der Waals surface area contributed by atoms with Gasteiger partial charge in [0.25, 0.3) is 0 Å². The molecule has 0 bridgehead atoms. The van der Waals surface area contributed by atoms with Crippen LogP contribution in [0.25, 0.3) is 0 Å². The fraction of sp³-hybridized carbons (Fsp3) is 0.824. The number of carbonyl (C=O) groups excluding carboxylic acids is 1. The smallest absolute Gasteiger partial charge is 0.335 e. The number of esters is 1. The van der Waals surface area contributed by atoms with E-state index in [2.05, 4.69) is 45.5 Å². The van der Waals surface area contributed by atoms with Gasteiger partial charge in [0, 0.05) is 6.10 Å². The van der Waals surface area contributed by atoms with Crippen molar-refractivity contribution in [3.8, 4) is 0 Å². The largest absolute Gasteiger partial charge is 0.466 e. The molecule has 0 aromatic rings. The van der Waals surface area contributed by atoms with Gasteiger partial charge in [-0.05, 0) is 31.0 Å². The number of ether oxygens (including phenoxy) is 1. The van der Waals surface area contributed by atoms with Crippen LogP contribution in [0.5, 0.6) is 0 Å². The van der Waals surface area contributed by atoms with Crippen LogP contribution in [0.4, 0.5) is 0 Å². The summed E-state index contributed by atoms with van der Waals surface area (Å²) in [5, 5.41) is 9.43. The molecule has 0 saturated carbocycles. The van der Waals surface area contributed by atoms with E-state index in [-0.39, 0.29) is 17.7 Å². The molecule has 4 nitrogen and oxygen atoms in total. The Bertz CT molecular complexity index is 369. The molecule has 0 rings (SSSR count). The number of carbonyl (C=O) groups is 1. The molecule has 0 aliphatic carbocycles. The monoisotopic (exact) mass is 330 g/mol. The number of rotatable bonds is 9. The van der Waals surface area contributed by atoms with Crippen LogP contribution in [0.2, 0.25) is 18.1 Å². The number of hydrogen-bond donors (Lipinski definition) is 1. The summed E-state index contributed by atoms with van der Waals surface area (Å²) in [6.07, 6.45) is 5.67. The Kier molecular flexibility index (Phi) is 9.20. The molecule has 0 aromatic carbocycles. The maximum Gasteiger partial charge on any atom is 0.335 e. The lowest BCUT2D eigenvalue weighted by Gasteiger charge is -2.39. The molecule has 5 heteroatoms. The zero-order valence-electron chi connectivity index (χ0n) is 15.4. The third-order valence-corrected chi connectivity index (χ3v) is 8.93.